The van der Waals surface area contributed by atoms with Crippen LogP contribution in [-0.2, 0) is 20.9 Å². The zero-order valence-electron chi connectivity index (χ0n) is 16.5. The maximum Gasteiger partial charge on any atom is 0.251 e. The second-order valence-electron chi connectivity index (χ2n) is 7.63. The van der Waals surface area contributed by atoms with Crippen LogP contribution in [-0.4, -0.2) is 53.9 Å². The molecule has 3 atom stereocenters. The first-order valence-corrected chi connectivity index (χ1v) is 9.90. The summed E-state index contributed by atoms with van der Waals surface area (Å²) in [6, 6.07) is 9.97. The molecule has 2 fully saturated rings. The summed E-state index contributed by atoms with van der Waals surface area (Å²) in [5, 5.41) is 5.33. The number of nitrogens with one attached hydrogen (secondary N) is 2. The standard InChI is InChI=1S/C22H21F2N3O4/c23-15-6-14(7-16(24)8-15)20(28)25-17-9-19-21(29)26-18(22(30)27(19)10-17)12-31-11-13-4-2-1-3-5-13/h1-8,17-19H,9-12H2,(H,25,28)(H,26,29)/t17-,18-,19-/m0/s1. The van der Waals surface area contributed by atoms with Crippen LogP contribution in [0, 0.1) is 11.6 Å². The number of rotatable bonds is 6. The minimum absolute atomic E-state index is 0.0300. The van der Waals surface area contributed by atoms with Crippen LogP contribution in [0.2, 0.25) is 0 Å². The van der Waals surface area contributed by atoms with E-state index in [2.05, 4.69) is 10.6 Å². The summed E-state index contributed by atoms with van der Waals surface area (Å²) in [6.45, 7) is 0.477. The van der Waals surface area contributed by atoms with Crippen molar-refractivity contribution in [1.82, 2.24) is 15.5 Å². The Morgan fingerprint density at radius 1 is 1.13 bits per heavy atom. The summed E-state index contributed by atoms with van der Waals surface area (Å²) in [5.41, 5.74) is 0.790. The Labute approximate surface area is 177 Å². The zero-order chi connectivity index (χ0) is 22.0. The molecule has 2 saturated heterocycles. The van der Waals surface area contributed by atoms with Gasteiger partial charge in [-0.15, -0.1) is 0 Å². The molecule has 0 saturated carbocycles. The number of carbonyl (C=O) groups is 3. The molecule has 0 unspecified atom stereocenters. The molecule has 2 aromatic rings. The predicted molar refractivity (Wildman–Crippen MR) is 106 cm³/mol. The van der Waals surface area contributed by atoms with Crippen molar-refractivity contribution in [1.29, 1.82) is 0 Å². The van der Waals surface area contributed by atoms with Crippen LogP contribution in [0.15, 0.2) is 48.5 Å². The van der Waals surface area contributed by atoms with Crippen LogP contribution in [0.5, 0.6) is 0 Å². The molecule has 2 aliphatic heterocycles. The number of fused-ring (bicyclic) bond motifs is 1. The maximum absolute atomic E-state index is 13.4. The third kappa shape index (κ3) is 4.72. The van der Waals surface area contributed by atoms with Gasteiger partial charge in [-0.05, 0) is 24.1 Å². The van der Waals surface area contributed by atoms with Gasteiger partial charge in [0.05, 0.1) is 13.2 Å². The van der Waals surface area contributed by atoms with E-state index in [9.17, 15) is 23.2 Å². The largest absolute Gasteiger partial charge is 0.374 e. The molecule has 0 aromatic heterocycles. The third-order valence-electron chi connectivity index (χ3n) is 5.36. The lowest BCUT2D eigenvalue weighted by Gasteiger charge is -2.34. The number of halogens is 2. The van der Waals surface area contributed by atoms with Crippen molar-refractivity contribution in [2.75, 3.05) is 13.2 Å². The molecule has 31 heavy (non-hydrogen) atoms. The summed E-state index contributed by atoms with van der Waals surface area (Å²) in [6.07, 6.45) is 0.221. The molecule has 9 heteroatoms. The van der Waals surface area contributed by atoms with Gasteiger partial charge >= 0.3 is 0 Å². The normalized spacial score (nSPS) is 22.8. The van der Waals surface area contributed by atoms with Crippen LogP contribution >= 0.6 is 0 Å². The van der Waals surface area contributed by atoms with Gasteiger partial charge in [-0.2, -0.15) is 0 Å². The number of ether oxygens (including phenoxy) is 1. The number of carbonyl (C=O) groups excluding carboxylic acids is 3. The van der Waals surface area contributed by atoms with E-state index in [1.165, 1.54) is 4.90 Å². The first-order valence-electron chi connectivity index (χ1n) is 9.90. The number of amides is 3. The van der Waals surface area contributed by atoms with E-state index in [0.717, 1.165) is 17.7 Å². The first kappa shape index (κ1) is 20.9. The van der Waals surface area contributed by atoms with Gasteiger partial charge in [-0.25, -0.2) is 8.78 Å². The Morgan fingerprint density at radius 2 is 1.84 bits per heavy atom. The number of hydrogen-bond donors (Lipinski definition) is 2. The zero-order valence-corrected chi connectivity index (χ0v) is 16.5. The van der Waals surface area contributed by atoms with Crippen molar-refractivity contribution in [2.24, 2.45) is 0 Å². The highest BCUT2D eigenvalue weighted by atomic mass is 19.1. The van der Waals surface area contributed by atoms with Crippen molar-refractivity contribution >= 4 is 17.7 Å². The minimum atomic E-state index is -0.859. The summed E-state index contributed by atoms with van der Waals surface area (Å²) in [7, 11) is 0. The van der Waals surface area contributed by atoms with Crippen LogP contribution < -0.4 is 10.6 Å². The van der Waals surface area contributed by atoms with E-state index < -0.39 is 35.7 Å². The van der Waals surface area contributed by atoms with E-state index in [0.29, 0.717) is 12.7 Å². The van der Waals surface area contributed by atoms with Gasteiger partial charge in [0.1, 0.15) is 23.7 Å². The molecule has 4 rings (SSSR count). The molecule has 2 heterocycles. The molecule has 0 spiro atoms. The van der Waals surface area contributed by atoms with Crippen LogP contribution in [0.4, 0.5) is 8.78 Å². The van der Waals surface area contributed by atoms with Gasteiger partial charge in [0.2, 0.25) is 11.8 Å². The minimum Gasteiger partial charge on any atom is -0.374 e. The van der Waals surface area contributed by atoms with Gasteiger partial charge in [-0.1, -0.05) is 30.3 Å². The average Bonchev–Trinajstić information content (AvgIpc) is 3.16. The van der Waals surface area contributed by atoms with Gasteiger partial charge in [-0.3, -0.25) is 14.4 Å². The third-order valence-corrected chi connectivity index (χ3v) is 5.36. The number of nitrogens with zero attached hydrogens (tertiary/aromatic N) is 1. The fourth-order valence-electron chi connectivity index (χ4n) is 3.90. The van der Waals surface area contributed by atoms with E-state index >= 15 is 0 Å². The molecule has 0 aliphatic carbocycles. The lowest BCUT2D eigenvalue weighted by molar-refractivity contribution is -0.148. The second kappa shape index (κ2) is 8.81. The molecule has 3 amide bonds. The Balaban J connectivity index is 1.35. The summed E-state index contributed by atoms with van der Waals surface area (Å²) in [4.78, 5) is 39.1. The van der Waals surface area contributed by atoms with Crippen molar-refractivity contribution in [3.63, 3.8) is 0 Å². The Kier molecular flexibility index (Phi) is 5.94. The molecule has 2 aromatic carbocycles. The maximum atomic E-state index is 13.4. The lowest BCUT2D eigenvalue weighted by atomic mass is 10.1. The summed E-state index contributed by atoms with van der Waals surface area (Å²) in [5.74, 6) is -2.99. The van der Waals surface area contributed by atoms with Crippen LogP contribution in [0.25, 0.3) is 0 Å². The van der Waals surface area contributed by atoms with Gasteiger partial charge < -0.3 is 20.3 Å². The van der Waals surface area contributed by atoms with Crippen LogP contribution in [0.3, 0.4) is 0 Å². The van der Waals surface area contributed by atoms with Crippen molar-refractivity contribution < 1.29 is 27.9 Å². The van der Waals surface area contributed by atoms with E-state index in [1.807, 2.05) is 30.3 Å². The molecule has 2 N–H and O–H groups in total. The van der Waals surface area contributed by atoms with Gasteiger partial charge in [0, 0.05) is 24.2 Å². The highest BCUT2D eigenvalue weighted by Gasteiger charge is 2.46. The highest BCUT2D eigenvalue weighted by molar-refractivity contribution is 5.98. The van der Waals surface area contributed by atoms with Crippen LogP contribution in [0.1, 0.15) is 22.3 Å². The van der Waals surface area contributed by atoms with Crippen molar-refractivity contribution in [3.05, 3.63) is 71.3 Å². The highest BCUT2D eigenvalue weighted by Crippen LogP contribution is 2.23. The second-order valence-corrected chi connectivity index (χ2v) is 7.63. The molecule has 0 bridgehead atoms. The average molecular weight is 429 g/mol. The smallest absolute Gasteiger partial charge is 0.251 e. The lowest BCUT2D eigenvalue weighted by Crippen LogP contribution is -2.62. The van der Waals surface area contributed by atoms with Gasteiger partial charge in [0.15, 0.2) is 0 Å². The van der Waals surface area contributed by atoms with Gasteiger partial charge in [0.25, 0.3) is 5.91 Å². The first-order chi connectivity index (χ1) is 14.9. The van der Waals surface area contributed by atoms with Crippen molar-refractivity contribution in [2.45, 2.75) is 31.2 Å². The molecule has 7 nitrogen and oxygen atoms in total. The Hall–Kier alpha value is -3.33. The molecule has 2 aliphatic rings. The van der Waals surface area contributed by atoms with Crippen molar-refractivity contribution in [3.8, 4) is 0 Å². The molecule has 162 valence electrons. The summed E-state index contributed by atoms with van der Waals surface area (Å²) >= 11 is 0. The van der Waals surface area contributed by atoms with E-state index in [-0.39, 0.29) is 37.0 Å². The quantitative estimate of drug-likeness (QED) is 0.727. The van der Waals surface area contributed by atoms with E-state index in [1.54, 1.807) is 0 Å². The van der Waals surface area contributed by atoms with E-state index in [4.69, 9.17) is 4.74 Å². The molecular weight excluding hydrogens is 408 g/mol. The fraction of sp³-hybridized carbons (Fsp3) is 0.318. The Bertz CT molecular complexity index is 981. The number of benzene rings is 2. The topological polar surface area (TPSA) is 87.7 Å². The number of hydrogen-bond acceptors (Lipinski definition) is 4. The summed E-state index contributed by atoms with van der Waals surface area (Å²) < 4.78 is 32.3. The monoisotopic (exact) mass is 429 g/mol. The SMILES string of the molecule is O=C(N[C@H]1C[C@H]2C(=O)N[C@@H](COCc3ccccc3)C(=O)N2C1)c1cc(F)cc(F)c1. The number of piperazine rings is 1. The fourth-order valence-corrected chi connectivity index (χ4v) is 3.90. The molecular formula is C22H21F2N3O4. The Morgan fingerprint density at radius 3 is 2.55 bits per heavy atom. The predicted octanol–water partition coefficient (Wildman–Crippen LogP) is 1.38. The molecule has 0 radical (unpaired) electrons.